The van der Waals surface area contributed by atoms with E-state index in [0.29, 0.717) is 0 Å². The van der Waals surface area contributed by atoms with E-state index in [2.05, 4.69) is 266 Å². The van der Waals surface area contributed by atoms with Gasteiger partial charge in [0.05, 0.1) is 16.5 Å². The molecule has 0 bridgehead atoms. The van der Waals surface area contributed by atoms with Gasteiger partial charge in [-0.2, -0.15) is 0 Å². The number of nitrogens with zero attached hydrogens (tertiary/aromatic N) is 1. The third kappa shape index (κ3) is 5.33. The van der Waals surface area contributed by atoms with E-state index < -0.39 is 10.8 Å². The molecule has 11 aromatic carbocycles. The second-order valence-electron chi connectivity index (χ2n) is 17.5. The first-order valence-electron chi connectivity index (χ1n) is 22.7. The van der Waals surface area contributed by atoms with E-state index in [9.17, 15) is 0 Å². The van der Waals surface area contributed by atoms with Crippen molar-refractivity contribution in [2.75, 3.05) is 4.90 Å². The van der Waals surface area contributed by atoms with E-state index in [4.69, 9.17) is 0 Å². The summed E-state index contributed by atoms with van der Waals surface area (Å²) in [5.41, 5.74) is 17.5. The Bertz CT molecular complexity index is 3330. The van der Waals surface area contributed by atoms with Crippen molar-refractivity contribution in [2.24, 2.45) is 0 Å². The Morgan fingerprint density at radius 1 is 0.246 bits per heavy atom. The molecule has 0 aliphatic heterocycles. The lowest BCUT2D eigenvalue weighted by atomic mass is 9.67. The highest BCUT2D eigenvalue weighted by atomic mass is 15.1. The molecule has 0 N–H and O–H groups in total. The molecule has 65 heavy (non-hydrogen) atoms. The molecule has 0 amide bonds. The fraction of sp³-hybridized carbons (Fsp3) is 0.0312. The van der Waals surface area contributed by atoms with Crippen LogP contribution in [-0.2, 0) is 10.8 Å². The molecule has 0 radical (unpaired) electrons. The van der Waals surface area contributed by atoms with Crippen molar-refractivity contribution < 1.29 is 0 Å². The molecule has 0 spiro atoms. The maximum atomic E-state index is 2.53. The van der Waals surface area contributed by atoms with Crippen LogP contribution in [0.15, 0.2) is 261 Å². The quantitative estimate of drug-likeness (QED) is 0.145. The molecule has 304 valence electrons. The molecular weight excluding hydrogens is 783 g/mol. The first-order valence-corrected chi connectivity index (χ1v) is 22.7. The van der Waals surface area contributed by atoms with Crippen LogP contribution in [0.4, 0.5) is 17.1 Å². The molecule has 1 heteroatoms. The number of fused-ring (bicyclic) bond motifs is 9. The van der Waals surface area contributed by atoms with Gasteiger partial charge in [0, 0.05) is 16.8 Å². The Morgan fingerprint density at radius 3 is 1.14 bits per heavy atom. The van der Waals surface area contributed by atoms with Crippen LogP contribution < -0.4 is 4.90 Å². The van der Waals surface area contributed by atoms with E-state index in [0.717, 1.165) is 17.1 Å². The summed E-state index contributed by atoms with van der Waals surface area (Å²) in [6.07, 6.45) is 0. The second-order valence-corrected chi connectivity index (χ2v) is 17.5. The summed E-state index contributed by atoms with van der Waals surface area (Å²) in [6, 6.07) is 97.2. The lowest BCUT2D eigenvalue weighted by molar-refractivity contribution is 0.767. The number of benzene rings is 11. The normalized spacial score (nSPS) is 13.8. The molecular formula is C64H43N. The third-order valence-corrected chi connectivity index (χ3v) is 14.4. The Morgan fingerprint density at radius 2 is 0.646 bits per heavy atom. The van der Waals surface area contributed by atoms with Gasteiger partial charge in [-0.3, -0.25) is 0 Å². The summed E-state index contributed by atoms with van der Waals surface area (Å²) in [5.74, 6) is 0. The summed E-state index contributed by atoms with van der Waals surface area (Å²) in [7, 11) is 0. The van der Waals surface area contributed by atoms with Gasteiger partial charge in [-0.1, -0.05) is 231 Å². The minimum Gasteiger partial charge on any atom is -0.310 e. The van der Waals surface area contributed by atoms with Crippen LogP contribution in [0.25, 0.3) is 43.8 Å². The second kappa shape index (κ2) is 14.7. The minimum atomic E-state index is -0.541. The fourth-order valence-corrected chi connectivity index (χ4v) is 11.8. The molecule has 0 aromatic heterocycles. The van der Waals surface area contributed by atoms with Crippen molar-refractivity contribution in [3.8, 4) is 22.3 Å². The van der Waals surface area contributed by atoms with Crippen molar-refractivity contribution >= 4 is 38.6 Å². The highest BCUT2D eigenvalue weighted by Crippen LogP contribution is 2.60. The molecule has 0 heterocycles. The van der Waals surface area contributed by atoms with Crippen molar-refractivity contribution in [1.29, 1.82) is 0 Å². The van der Waals surface area contributed by atoms with Crippen LogP contribution in [0.2, 0.25) is 0 Å². The molecule has 0 saturated heterocycles. The molecule has 2 aliphatic carbocycles. The highest BCUT2D eigenvalue weighted by Gasteiger charge is 2.48. The fourth-order valence-electron chi connectivity index (χ4n) is 11.8. The summed E-state index contributed by atoms with van der Waals surface area (Å²) >= 11 is 0. The van der Waals surface area contributed by atoms with E-state index in [1.807, 2.05) is 0 Å². The van der Waals surface area contributed by atoms with Gasteiger partial charge in [-0.15, -0.1) is 0 Å². The summed E-state index contributed by atoms with van der Waals surface area (Å²) < 4.78 is 0. The largest absolute Gasteiger partial charge is 0.310 e. The van der Waals surface area contributed by atoms with Crippen LogP contribution >= 0.6 is 0 Å². The lowest BCUT2D eigenvalue weighted by Gasteiger charge is -2.36. The van der Waals surface area contributed by atoms with Gasteiger partial charge in [0.2, 0.25) is 0 Å². The van der Waals surface area contributed by atoms with Crippen LogP contribution in [-0.4, -0.2) is 0 Å². The monoisotopic (exact) mass is 825 g/mol. The van der Waals surface area contributed by atoms with Gasteiger partial charge in [0.15, 0.2) is 0 Å². The van der Waals surface area contributed by atoms with Gasteiger partial charge in [0.1, 0.15) is 0 Å². The molecule has 13 rings (SSSR count). The molecule has 1 nitrogen and oxygen atoms in total. The number of anilines is 3. The van der Waals surface area contributed by atoms with Crippen LogP contribution in [0.5, 0.6) is 0 Å². The van der Waals surface area contributed by atoms with Crippen LogP contribution in [0, 0.1) is 0 Å². The van der Waals surface area contributed by atoms with Crippen LogP contribution in [0.3, 0.4) is 0 Å². The average Bonchev–Trinajstić information content (AvgIpc) is 3.85. The summed E-state index contributed by atoms with van der Waals surface area (Å²) in [5, 5.41) is 4.92. The maximum absolute atomic E-state index is 2.53. The zero-order valence-electron chi connectivity index (χ0n) is 35.8. The van der Waals surface area contributed by atoms with Crippen molar-refractivity contribution in [3.63, 3.8) is 0 Å². The maximum Gasteiger partial charge on any atom is 0.0714 e. The standard InChI is InChI=1S/C64H43N/c1-5-21-45(22-6-1)63(46-23-7-2-8-24-46)58-33-17-15-30-53(58)55-40-37-49(42-60(55)63)65(62-35-19-32-52-51-29-14-13-20-44(51)36-39-57(52)62)50-38-41-56-54-31-16-18-34-59(54)64(61(56)43-50,47-25-9-3-10-26-47)48-27-11-4-12-28-48/h1-43H. The molecule has 11 aromatic rings. The first-order chi connectivity index (χ1) is 32.3. The Kier molecular flexibility index (Phi) is 8.41. The van der Waals surface area contributed by atoms with E-state index in [-0.39, 0.29) is 0 Å². The van der Waals surface area contributed by atoms with Gasteiger partial charge in [-0.05, 0) is 113 Å². The predicted molar refractivity (Wildman–Crippen MR) is 271 cm³/mol. The molecule has 0 unspecified atom stereocenters. The smallest absolute Gasteiger partial charge is 0.0714 e. The highest BCUT2D eigenvalue weighted by molar-refractivity contribution is 6.13. The SMILES string of the molecule is c1ccc(C2(c3ccccc3)c3ccccc3-c3ccc(N(c4ccc5c(c4)C(c4ccccc4)(c4ccccc4)c4ccccc4-5)c4cccc5c4ccc4ccccc45)cc32)cc1. The third-order valence-electron chi connectivity index (χ3n) is 14.4. The van der Waals surface area contributed by atoms with E-state index >= 15 is 0 Å². The molecule has 0 fully saturated rings. The number of hydrogen-bond acceptors (Lipinski definition) is 1. The Hall–Kier alpha value is -8.26. The molecule has 2 aliphatic rings. The van der Waals surface area contributed by atoms with Gasteiger partial charge < -0.3 is 4.90 Å². The van der Waals surface area contributed by atoms with Crippen molar-refractivity contribution in [1.82, 2.24) is 0 Å². The first kappa shape index (κ1) is 37.3. The predicted octanol–water partition coefficient (Wildman–Crippen LogP) is 16.2. The number of rotatable bonds is 7. The zero-order chi connectivity index (χ0) is 43.0. The number of hydrogen-bond donors (Lipinski definition) is 0. The average molecular weight is 826 g/mol. The van der Waals surface area contributed by atoms with Crippen molar-refractivity contribution in [2.45, 2.75) is 10.8 Å². The van der Waals surface area contributed by atoms with Crippen molar-refractivity contribution in [3.05, 3.63) is 305 Å². The summed E-state index contributed by atoms with van der Waals surface area (Å²) in [6.45, 7) is 0. The Labute approximate surface area is 380 Å². The van der Waals surface area contributed by atoms with Gasteiger partial charge in [-0.25, -0.2) is 0 Å². The topological polar surface area (TPSA) is 3.24 Å². The lowest BCUT2D eigenvalue weighted by Crippen LogP contribution is -2.29. The van der Waals surface area contributed by atoms with E-state index in [1.165, 1.54) is 88.3 Å². The van der Waals surface area contributed by atoms with Crippen LogP contribution in [0.1, 0.15) is 44.5 Å². The molecule has 0 saturated carbocycles. The van der Waals surface area contributed by atoms with Gasteiger partial charge in [0.25, 0.3) is 0 Å². The Balaban J connectivity index is 1.13. The minimum absolute atomic E-state index is 0.541. The zero-order valence-corrected chi connectivity index (χ0v) is 35.8. The van der Waals surface area contributed by atoms with E-state index in [1.54, 1.807) is 0 Å². The molecule has 0 atom stereocenters. The summed E-state index contributed by atoms with van der Waals surface area (Å²) in [4.78, 5) is 2.53. The van der Waals surface area contributed by atoms with Gasteiger partial charge >= 0.3 is 0 Å².